The molecule has 0 bridgehead atoms. The monoisotopic (exact) mass is 337 g/mol. The molecule has 1 aliphatic heterocycles. The van der Waals surface area contributed by atoms with E-state index >= 15 is 0 Å². The van der Waals surface area contributed by atoms with Crippen molar-refractivity contribution in [2.45, 2.75) is 30.9 Å². The Hall–Kier alpha value is -1.86. The van der Waals surface area contributed by atoms with Crippen molar-refractivity contribution in [3.8, 4) is 0 Å². The van der Waals surface area contributed by atoms with E-state index in [9.17, 15) is 19.5 Å². The third kappa shape index (κ3) is 3.73. The number of aliphatic carboxylic acids is 1. The molecule has 4 unspecified atom stereocenters. The Labute approximate surface area is 138 Å². The van der Waals surface area contributed by atoms with Gasteiger partial charge in [-0.1, -0.05) is 36.9 Å². The molecule has 1 fully saturated rings. The number of β-lactam (4-membered cyclic amide) rings is 1. The standard InChI is InChI=1S/C16H19NO5S/c1-9(16(22)23-11-6-4-3-5-7-11)14-13(10(2)18)15(21)17(14)8-12(19)20/h3-7,9-10,13-14,18H,8H2,1-2H3,(H,19,20). The van der Waals surface area contributed by atoms with Crippen LogP contribution in [0.1, 0.15) is 13.8 Å². The number of carboxylic acid groups (broad SMARTS) is 1. The van der Waals surface area contributed by atoms with E-state index in [0.717, 1.165) is 21.6 Å². The maximum Gasteiger partial charge on any atom is 0.323 e. The lowest BCUT2D eigenvalue weighted by atomic mass is 9.77. The van der Waals surface area contributed by atoms with Crippen molar-refractivity contribution in [3.63, 3.8) is 0 Å². The van der Waals surface area contributed by atoms with Gasteiger partial charge in [0.1, 0.15) is 6.54 Å². The molecule has 1 aliphatic rings. The summed E-state index contributed by atoms with van der Waals surface area (Å²) in [7, 11) is 0. The molecule has 0 aliphatic carbocycles. The first-order chi connectivity index (χ1) is 10.8. The van der Waals surface area contributed by atoms with Crippen molar-refractivity contribution in [2.75, 3.05) is 6.54 Å². The van der Waals surface area contributed by atoms with Crippen LogP contribution in [0.15, 0.2) is 35.2 Å². The Morgan fingerprint density at radius 2 is 1.87 bits per heavy atom. The van der Waals surface area contributed by atoms with Gasteiger partial charge in [0.25, 0.3) is 0 Å². The van der Waals surface area contributed by atoms with Crippen molar-refractivity contribution < 1.29 is 24.6 Å². The molecule has 1 aromatic rings. The summed E-state index contributed by atoms with van der Waals surface area (Å²) in [5, 5.41) is 18.5. The molecule has 1 heterocycles. The summed E-state index contributed by atoms with van der Waals surface area (Å²) >= 11 is 1.06. The Balaban J connectivity index is 2.13. The van der Waals surface area contributed by atoms with Gasteiger partial charge in [0, 0.05) is 10.8 Å². The maximum absolute atomic E-state index is 12.4. The number of rotatable bonds is 6. The van der Waals surface area contributed by atoms with Crippen molar-refractivity contribution in [1.29, 1.82) is 0 Å². The largest absolute Gasteiger partial charge is 0.480 e. The van der Waals surface area contributed by atoms with E-state index in [0.29, 0.717) is 0 Å². The lowest BCUT2D eigenvalue weighted by Gasteiger charge is -2.49. The molecule has 124 valence electrons. The van der Waals surface area contributed by atoms with Crippen LogP contribution in [-0.2, 0) is 14.4 Å². The minimum absolute atomic E-state index is 0.158. The summed E-state index contributed by atoms with van der Waals surface area (Å²) in [6.07, 6.45) is -0.922. The van der Waals surface area contributed by atoms with E-state index < -0.39 is 42.4 Å². The van der Waals surface area contributed by atoms with E-state index in [2.05, 4.69) is 0 Å². The van der Waals surface area contributed by atoms with Gasteiger partial charge >= 0.3 is 5.97 Å². The number of carboxylic acids is 1. The molecule has 0 saturated carbocycles. The van der Waals surface area contributed by atoms with E-state index in [-0.39, 0.29) is 5.12 Å². The van der Waals surface area contributed by atoms with Crippen LogP contribution in [0.4, 0.5) is 0 Å². The number of thioether (sulfide) groups is 1. The molecule has 4 atom stereocenters. The van der Waals surface area contributed by atoms with Gasteiger partial charge in [0.15, 0.2) is 5.12 Å². The van der Waals surface area contributed by atoms with Gasteiger partial charge in [-0.2, -0.15) is 0 Å². The van der Waals surface area contributed by atoms with Crippen LogP contribution in [0.5, 0.6) is 0 Å². The number of amides is 1. The van der Waals surface area contributed by atoms with Crippen LogP contribution in [0, 0.1) is 11.8 Å². The number of hydrogen-bond donors (Lipinski definition) is 2. The lowest BCUT2D eigenvalue weighted by Crippen LogP contribution is -2.68. The highest BCUT2D eigenvalue weighted by molar-refractivity contribution is 8.13. The summed E-state index contributed by atoms with van der Waals surface area (Å²) in [5.41, 5.74) is 0. The summed E-state index contributed by atoms with van der Waals surface area (Å²) in [5.74, 6) is -2.86. The predicted molar refractivity (Wildman–Crippen MR) is 84.8 cm³/mol. The highest BCUT2D eigenvalue weighted by Gasteiger charge is 2.53. The molecule has 6 nitrogen and oxygen atoms in total. The number of aliphatic hydroxyl groups excluding tert-OH is 1. The maximum atomic E-state index is 12.4. The average Bonchev–Trinajstić information content (AvgIpc) is 2.49. The number of hydrogen-bond acceptors (Lipinski definition) is 5. The first-order valence-electron chi connectivity index (χ1n) is 7.30. The van der Waals surface area contributed by atoms with Gasteiger partial charge in [-0.25, -0.2) is 0 Å². The van der Waals surface area contributed by atoms with Crippen molar-refractivity contribution in [3.05, 3.63) is 30.3 Å². The second-order valence-electron chi connectivity index (χ2n) is 5.64. The second-order valence-corrected chi connectivity index (χ2v) is 6.72. The summed E-state index contributed by atoms with van der Waals surface area (Å²) in [4.78, 5) is 37.3. The van der Waals surface area contributed by atoms with Gasteiger partial charge < -0.3 is 15.1 Å². The van der Waals surface area contributed by atoms with Crippen LogP contribution < -0.4 is 0 Å². The van der Waals surface area contributed by atoms with E-state index in [4.69, 9.17) is 5.11 Å². The van der Waals surface area contributed by atoms with Gasteiger partial charge in [-0.05, 0) is 19.1 Å². The van der Waals surface area contributed by atoms with E-state index in [1.165, 1.54) is 6.92 Å². The molecule has 23 heavy (non-hydrogen) atoms. The number of benzene rings is 1. The summed E-state index contributed by atoms with van der Waals surface area (Å²) in [6.45, 7) is 2.69. The Morgan fingerprint density at radius 3 is 2.39 bits per heavy atom. The third-order valence-electron chi connectivity index (χ3n) is 3.97. The Kier molecular flexibility index (Phi) is 5.43. The number of carbonyl (C=O) groups is 3. The summed E-state index contributed by atoms with van der Waals surface area (Å²) < 4.78 is 0. The highest BCUT2D eigenvalue weighted by atomic mass is 32.2. The SMILES string of the molecule is CC(O)C1C(=O)N(CC(=O)O)C1C(C)C(=O)Sc1ccccc1. The Bertz CT molecular complexity index is 604. The van der Waals surface area contributed by atoms with Crippen LogP contribution in [0.25, 0.3) is 0 Å². The van der Waals surface area contributed by atoms with Gasteiger partial charge in [0.2, 0.25) is 5.91 Å². The van der Waals surface area contributed by atoms with Gasteiger partial charge in [-0.15, -0.1) is 0 Å². The molecule has 1 amide bonds. The lowest BCUT2D eigenvalue weighted by molar-refractivity contribution is -0.173. The zero-order chi connectivity index (χ0) is 17.1. The normalized spacial score (nSPS) is 23.1. The van der Waals surface area contributed by atoms with Crippen LogP contribution in [-0.4, -0.2) is 50.8 Å². The van der Waals surface area contributed by atoms with Crippen molar-refractivity contribution in [2.24, 2.45) is 11.8 Å². The van der Waals surface area contributed by atoms with Crippen LogP contribution >= 0.6 is 11.8 Å². The molecule has 1 saturated heterocycles. The number of likely N-dealkylation sites (tertiary alicyclic amines) is 1. The fraction of sp³-hybridized carbons (Fsp3) is 0.438. The smallest absolute Gasteiger partial charge is 0.323 e. The summed E-state index contributed by atoms with van der Waals surface area (Å²) in [6, 6.07) is 8.51. The zero-order valence-corrected chi connectivity index (χ0v) is 13.7. The molecule has 0 aromatic heterocycles. The molecule has 2 rings (SSSR count). The molecule has 2 N–H and O–H groups in total. The minimum Gasteiger partial charge on any atom is -0.480 e. The fourth-order valence-electron chi connectivity index (χ4n) is 2.83. The third-order valence-corrected chi connectivity index (χ3v) is 5.05. The van der Waals surface area contributed by atoms with Gasteiger partial charge in [-0.3, -0.25) is 14.4 Å². The number of nitrogens with zero attached hydrogens (tertiary/aromatic N) is 1. The molecular formula is C16H19NO5S. The quantitative estimate of drug-likeness (QED) is 0.599. The average molecular weight is 337 g/mol. The predicted octanol–water partition coefficient (Wildman–Crippen LogP) is 1.23. The van der Waals surface area contributed by atoms with Crippen molar-refractivity contribution >= 4 is 28.8 Å². The molecular weight excluding hydrogens is 318 g/mol. The van der Waals surface area contributed by atoms with Crippen LogP contribution in [0.2, 0.25) is 0 Å². The zero-order valence-electron chi connectivity index (χ0n) is 12.9. The molecule has 7 heteroatoms. The fourth-order valence-corrected chi connectivity index (χ4v) is 3.69. The minimum atomic E-state index is -1.14. The first kappa shape index (κ1) is 17.5. The van der Waals surface area contributed by atoms with Crippen LogP contribution in [0.3, 0.4) is 0 Å². The van der Waals surface area contributed by atoms with E-state index in [1.807, 2.05) is 30.3 Å². The van der Waals surface area contributed by atoms with Crippen molar-refractivity contribution in [1.82, 2.24) is 4.90 Å². The topological polar surface area (TPSA) is 94.9 Å². The Morgan fingerprint density at radius 1 is 1.26 bits per heavy atom. The number of aliphatic hydroxyl groups is 1. The van der Waals surface area contributed by atoms with Gasteiger partial charge in [0.05, 0.1) is 18.1 Å². The second kappa shape index (κ2) is 7.14. The number of carbonyl (C=O) groups excluding carboxylic acids is 2. The highest BCUT2D eigenvalue weighted by Crippen LogP contribution is 2.37. The molecule has 0 spiro atoms. The molecule has 0 radical (unpaired) electrons. The van der Waals surface area contributed by atoms with E-state index in [1.54, 1.807) is 6.92 Å². The first-order valence-corrected chi connectivity index (χ1v) is 8.11. The molecule has 1 aromatic carbocycles.